The lowest BCUT2D eigenvalue weighted by Crippen LogP contribution is -2.30. The molecule has 2 N–H and O–H groups in total. The van der Waals surface area contributed by atoms with E-state index in [9.17, 15) is 10.2 Å². The number of aliphatic hydroxyl groups excluding tert-OH is 2. The van der Waals surface area contributed by atoms with Gasteiger partial charge in [-0.2, -0.15) is 0 Å². The van der Waals surface area contributed by atoms with E-state index in [4.69, 9.17) is 4.74 Å². The third-order valence-corrected chi connectivity index (χ3v) is 4.11. The van der Waals surface area contributed by atoms with Gasteiger partial charge in [-0.25, -0.2) is 0 Å². The molecule has 1 aromatic carbocycles. The summed E-state index contributed by atoms with van der Waals surface area (Å²) in [6.07, 6.45) is 3.80. The van der Waals surface area contributed by atoms with Gasteiger partial charge in [-0.3, -0.25) is 0 Å². The lowest BCUT2D eigenvalue weighted by atomic mass is 10.1. The van der Waals surface area contributed by atoms with E-state index in [0.29, 0.717) is 5.75 Å². The number of benzene rings is 1. The van der Waals surface area contributed by atoms with Crippen LogP contribution in [0.15, 0.2) is 22.7 Å². The zero-order chi connectivity index (χ0) is 13.8. The van der Waals surface area contributed by atoms with E-state index in [2.05, 4.69) is 15.9 Å². The van der Waals surface area contributed by atoms with Crippen LogP contribution in [0.4, 0.5) is 0 Å². The molecule has 3 nitrogen and oxygen atoms in total. The monoisotopic (exact) mass is 328 g/mol. The van der Waals surface area contributed by atoms with Crippen LogP contribution >= 0.6 is 15.9 Å². The molecule has 0 aliphatic heterocycles. The maximum absolute atomic E-state index is 10.1. The molecule has 2 rings (SSSR count). The van der Waals surface area contributed by atoms with Gasteiger partial charge in [0.1, 0.15) is 11.9 Å². The molecule has 0 amide bonds. The summed E-state index contributed by atoms with van der Waals surface area (Å²) in [5, 5.41) is 19.9. The third-order valence-electron chi connectivity index (χ3n) is 3.62. The largest absolute Gasteiger partial charge is 0.487 e. The predicted molar refractivity (Wildman–Crippen MR) is 78.3 cm³/mol. The van der Waals surface area contributed by atoms with E-state index in [1.807, 2.05) is 18.2 Å². The van der Waals surface area contributed by atoms with E-state index in [1.54, 1.807) is 6.92 Å². The van der Waals surface area contributed by atoms with Gasteiger partial charge in [0.05, 0.1) is 12.2 Å². The zero-order valence-corrected chi connectivity index (χ0v) is 12.8. The SMILES string of the molecule is C[C@@H](O)c1cc(Br)ccc1OC1CCCCCC1O. The normalized spacial score (nSPS) is 25.7. The first kappa shape index (κ1) is 14.8. The molecule has 1 aliphatic carbocycles. The minimum Gasteiger partial charge on any atom is -0.487 e. The maximum atomic E-state index is 10.1. The van der Waals surface area contributed by atoms with Gasteiger partial charge in [-0.05, 0) is 44.4 Å². The summed E-state index contributed by atoms with van der Waals surface area (Å²) >= 11 is 3.40. The van der Waals surface area contributed by atoms with E-state index in [0.717, 1.165) is 42.1 Å². The molecule has 19 heavy (non-hydrogen) atoms. The van der Waals surface area contributed by atoms with Crippen molar-refractivity contribution in [3.8, 4) is 5.75 Å². The molecule has 1 aromatic rings. The van der Waals surface area contributed by atoms with Crippen molar-refractivity contribution in [1.29, 1.82) is 0 Å². The third kappa shape index (κ3) is 3.94. The van der Waals surface area contributed by atoms with Gasteiger partial charge in [-0.15, -0.1) is 0 Å². The Balaban J connectivity index is 2.17. The van der Waals surface area contributed by atoms with Gasteiger partial charge in [0.2, 0.25) is 0 Å². The molecular formula is C15H21BrO3. The molecule has 106 valence electrons. The van der Waals surface area contributed by atoms with E-state index in [1.165, 1.54) is 0 Å². The summed E-state index contributed by atoms with van der Waals surface area (Å²) in [4.78, 5) is 0. The fraction of sp³-hybridized carbons (Fsp3) is 0.600. The Morgan fingerprint density at radius 2 is 2.00 bits per heavy atom. The van der Waals surface area contributed by atoms with Crippen LogP contribution < -0.4 is 4.74 Å². The first-order chi connectivity index (χ1) is 9.08. The molecule has 0 bridgehead atoms. The fourth-order valence-electron chi connectivity index (χ4n) is 2.51. The Bertz CT molecular complexity index is 420. The zero-order valence-electron chi connectivity index (χ0n) is 11.2. The Morgan fingerprint density at radius 3 is 2.74 bits per heavy atom. The van der Waals surface area contributed by atoms with Crippen molar-refractivity contribution >= 4 is 15.9 Å². The van der Waals surface area contributed by atoms with Crippen LogP contribution in [0.25, 0.3) is 0 Å². The van der Waals surface area contributed by atoms with Crippen LogP contribution in [0.1, 0.15) is 50.7 Å². The first-order valence-electron chi connectivity index (χ1n) is 6.90. The van der Waals surface area contributed by atoms with Crippen molar-refractivity contribution in [2.75, 3.05) is 0 Å². The summed E-state index contributed by atoms with van der Waals surface area (Å²) in [6, 6.07) is 5.61. The molecule has 3 atom stereocenters. The van der Waals surface area contributed by atoms with Crippen LogP contribution in [-0.4, -0.2) is 22.4 Å². The Kier molecular flexibility index (Phi) is 5.25. The Labute approximate surface area is 122 Å². The van der Waals surface area contributed by atoms with Crippen LogP contribution in [0.5, 0.6) is 5.75 Å². The second-order valence-corrected chi connectivity index (χ2v) is 6.14. The van der Waals surface area contributed by atoms with Crippen LogP contribution in [0.2, 0.25) is 0 Å². The van der Waals surface area contributed by atoms with Gasteiger partial charge < -0.3 is 14.9 Å². The minimum atomic E-state index is -0.588. The second kappa shape index (κ2) is 6.73. The summed E-state index contributed by atoms with van der Waals surface area (Å²) in [5.41, 5.74) is 0.755. The van der Waals surface area contributed by atoms with Gasteiger partial charge in [-0.1, -0.05) is 28.8 Å². The van der Waals surface area contributed by atoms with Gasteiger partial charge >= 0.3 is 0 Å². The molecule has 1 fully saturated rings. The Hall–Kier alpha value is -0.580. The van der Waals surface area contributed by atoms with Crippen molar-refractivity contribution in [3.63, 3.8) is 0 Å². The van der Waals surface area contributed by atoms with Crippen molar-refractivity contribution in [2.24, 2.45) is 0 Å². The second-order valence-electron chi connectivity index (χ2n) is 5.22. The number of ether oxygens (including phenoxy) is 1. The smallest absolute Gasteiger partial charge is 0.125 e. The van der Waals surface area contributed by atoms with Crippen molar-refractivity contribution in [1.82, 2.24) is 0 Å². The quantitative estimate of drug-likeness (QED) is 0.834. The van der Waals surface area contributed by atoms with E-state index in [-0.39, 0.29) is 6.10 Å². The summed E-state index contributed by atoms with van der Waals surface area (Å²) in [6.45, 7) is 1.72. The lowest BCUT2D eigenvalue weighted by molar-refractivity contribution is 0.0299. The molecule has 1 saturated carbocycles. The van der Waals surface area contributed by atoms with Gasteiger partial charge in [0.25, 0.3) is 0 Å². The maximum Gasteiger partial charge on any atom is 0.125 e. The van der Waals surface area contributed by atoms with Crippen molar-refractivity contribution in [2.45, 2.75) is 57.3 Å². The number of rotatable bonds is 3. The summed E-state index contributed by atoms with van der Waals surface area (Å²) < 4.78 is 6.88. The molecule has 0 radical (unpaired) electrons. The van der Waals surface area contributed by atoms with Crippen molar-refractivity contribution in [3.05, 3.63) is 28.2 Å². The number of hydrogen-bond acceptors (Lipinski definition) is 3. The molecule has 0 spiro atoms. The Morgan fingerprint density at radius 1 is 1.26 bits per heavy atom. The average Bonchev–Trinajstić information content (AvgIpc) is 2.57. The van der Waals surface area contributed by atoms with E-state index < -0.39 is 12.2 Å². The van der Waals surface area contributed by atoms with Gasteiger partial charge in [0, 0.05) is 10.0 Å². The highest BCUT2D eigenvalue weighted by Gasteiger charge is 2.24. The van der Waals surface area contributed by atoms with Gasteiger partial charge in [0.15, 0.2) is 0 Å². The molecule has 0 heterocycles. The number of hydrogen-bond donors (Lipinski definition) is 2. The first-order valence-corrected chi connectivity index (χ1v) is 7.69. The summed E-state index contributed by atoms with van der Waals surface area (Å²) in [5.74, 6) is 0.671. The molecule has 1 aliphatic rings. The fourth-order valence-corrected chi connectivity index (χ4v) is 2.89. The summed E-state index contributed by atoms with van der Waals surface area (Å²) in [7, 11) is 0. The minimum absolute atomic E-state index is 0.166. The molecule has 4 heteroatoms. The predicted octanol–water partition coefficient (Wildman–Crippen LogP) is 3.57. The highest BCUT2D eigenvalue weighted by Crippen LogP contribution is 2.31. The van der Waals surface area contributed by atoms with Crippen molar-refractivity contribution < 1.29 is 14.9 Å². The highest BCUT2D eigenvalue weighted by atomic mass is 79.9. The molecule has 0 aromatic heterocycles. The lowest BCUT2D eigenvalue weighted by Gasteiger charge is -2.24. The molecular weight excluding hydrogens is 308 g/mol. The van der Waals surface area contributed by atoms with E-state index >= 15 is 0 Å². The molecule has 2 unspecified atom stereocenters. The topological polar surface area (TPSA) is 49.7 Å². The van der Waals surface area contributed by atoms with Crippen LogP contribution in [0.3, 0.4) is 0 Å². The van der Waals surface area contributed by atoms with Crippen LogP contribution in [0, 0.1) is 0 Å². The number of halogens is 1. The standard InChI is InChI=1S/C15H21BrO3/c1-10(17)12-9-11(16)7-8-14(12)19-15-6-4-2-3-5-13(15)18/h7-10,13,15,17-18H,2-6H2,1H3/t10-,13?,15?/m1/s1. The van der Waals surface area contributed by atoms with Crippen LogP contribution in [-0.2, 0) is 0 Å². The molecule has 0 saturated heterocycles. The number of aliphatic hydroxyl groups is 2. The average molecular weight is 329 g/mol. The highest BCUT2D eigenvalue weighted by molar-refractivity contribution is 9.10.